The van der Waals surface area contributed by atoms with Gasteiger partial charge in [0.1, 0.15) is 0 Å². The number of piperidine rings is 2. The fourth-order valence-electron chi connectivity index (χ4n) is 6.69. The minimum absolute atomic E-state index is 0. The predicted octanol–water partition coefficient (Wildman–Crippen LogP) is 20.7. The molecule has 4 fully saturated rings. The van der Waals surface area contributed by atoms with Gasteiger partial charge < -0.3 is 0 Å². The van der Waals surface area contributed by atoms with Gasteiger partial charge in [-0.1, -0.05) is 176 Å². The van der Waals surface area contributed by atoms with Crippen LogP contribution >= 0.6 is 0 Å². The number of hydrogen-bond acceptors (Lipinski definition) is 4. The fraction of sp³-hybridized carbons (Fsp3) is 1.00. The van der Waals surface area contributed by atoms with Crippen molar-refractivity contribution in [3.05, 3.63) is 0 Å². The molecular formula is C59H148N4. The summed E-state index contributed by atoms with van der Waals surface area (Å²) in [6, 6.07) is 0. The molecule has 0 N–H and O–H groups in total. The molecule has 4 rings (SSSR count). The molecule has 0 saturated carbocycles. The quantitative estimate of drug-likeness (QED) is 0.240. The van der Waals surface area contributed by atoms with Crippen molar-refractivity contribution in [3.63, 3.8) is 0 Å². The fourth-order valence-corrected chi connectivity index (χ4v) is 6.69. The normalized spacial score (nSPS) is 20.2. The van der Waals surface area contributed by atoms with E-state index in [1.807, 2.05) is 111 Å². The zero-order valence-corrected chi connectivity index (χ0v) is 48.0. The smallest absolute Gasteiger partial charge is 0.0125 e. The van der Waals surface area contributed by atoms with Gasteiger partial charge in [0, 0.05) is 48.3 Å². The first-order valence-corrected chi connectivity index (χ1v) is 26.0. The van der Waals surface area contributed by atoms with Crippen LogP contribution in [0.1, 0.15) is 297 Å². The van der Waals surface area contributed by atoms with Crippen LogP contribution in [0.25, 0.3) is 0 Å². The first-order chi connectivity index (χ1) is 27.0. The van der Waals surface area contributed by atoms with Gasteiger partial charge in [-0.2, -0.15) is 0 Å². The second kappa shape index (κ2) is 59.9. The summed E-state index contributed by atoms with van der Waals surface area (Å²) in [4.78, 5) is 10.3. The first kappa shape index (κ1) is 96.7. The van der Waals surface area contributed by atoms with Crippen molar-refractivity contribution in [3.8, 4) is 0 Å². The summed E-state index contributed by atoms with van der Waals surface area (Å²) in [5, 5.41) is 0. The largest absolute Gasteiger partial charge is 0.298 e. The lowest BCUT2D eigenvalue weighted by Gasteiger charge is -2.40. The molecule has 4 aliphatic rings. The molecule has 4 aliphatic heterocycles. The maximum atomic E-state index is 2.60. The highest BCUT2D eigenvalue weighted by molar-refractivity contribution is 4.84. The highest BCUT2D eigenvalue weighted by Gasteiger charge is 2.29. The Morgan fingerprint density at radius 2 is 0.397 bits per heavy atom. The molecule has 4 heteroatoms. The molecule has 0 unspecified atom stereocenters. The van der Waals surface area contributed by atoms with Gasteiger partial charge in [0.05, 0.1) is 0 Å². The monoisotopic (exact) mass is 913 g/mol. The van der Waals surface area contributed by atoms with E-state index in [1.54, 1.807) is 0 Å². The van der Waals surface area contributed by atoms with Crippen LogP contribution in [0.15, 0.2) is 0 Å². The van der Waals surface area contributed by atoms with Crippen LogP contribution in [0.5, 0.6) is 0 Å². The molecule has 63 heavy (non-hydrogen) atoms. The molecule has 0 amide bonds. The van der Waals surface area contributed by atoms with E-state index >= 15 is 0 Å². The number of rotatable bonds is 0. The lowest BCUT2D eigenvalue weighted by molar-refractivity contribution is 0.0843. The molecule has 0 bridgehead atoms. The van der Waals surface area contributed by atoms with E-state index in [4.69, 9.17) is 0 Å². The van der Waals surface area contributed by atoms with Crippen molar-refractivity contribution in [1.29, 1.82) is 0 Å². The minimum Gasteiger partial charge on any atom is -0.298 e. The van der Waals surface area contributed by atoms with Crippen LogP contribution in [0.2, 0.25) is 0 Å². The van der Waals surface area contributed by atoms with Crippen LogP contribution in [0.3, 0.4) is 0 Å². The number of hydrogen-bond donors (Lipinski definition) is 0. The van der Waals surface area contributed by atoms with Gasteiger partial charge in [-0.15, -0.1) is 0 Å². The van der Waals surface area contributed by atoms with Crippen molar-refractivity contribution < 1.29 is 0 Å². The van der Waals surface area contributed by atoms with E-state index in [0.717, 1.165) is 23.7 Å². The maximum Gasteiger partial charge on any atom is 0.0125 e. The van der Waals surface area contributed by atoms with Crippen LogP contribution in [-0.2, 0) is 0 Å². The van der Waals surface area contributed by atoms with E-state index in [1.165, 1.54) is 90.9 Å². The summed E-state index contributed by atoms with van der Waals surface area (Å²) in [5.74, 6) is 3.64. The van der Waals surface area contributed by atoms with E-state index in [2.05, 4.69) is 130 Å². The molecule has 404 valence electrons. The Bertz CT molecular complexity index is 660. The van der Waals surface area contributed by atoms with Gasteiger partial charge in [-0.3, -0.25) is 19.6 Å². The Morgan fingerprint density at radius 1 is 0.254 bits per heavy atom. The number of nitrogens with zero attached hydrogens (tertiary/aromatic N) is 4. The van der Waals surface area contributed by atoms with Crippen LogP contribution < -0.4 is 0 Å². The predicted molar refractivity (Wildman–Crippen MR) is 314 cm³/mol. The van der Waals surface area contributed by atoms with Crippen molar-refractivity contribution >= 4 is 0 Å². The Labute approximate surface area is 413 Å². The van der Waals surface area contributed by atoms with E-state index in [0.29, 0.717) is 22.2 Å². The Morgan fingerprint density at radius 3 is 0.492 bits per heavy atom. The molecule has 0 aliphatic carbocycles. The lowest BCUT2D eigenvalue weighted by atomic mass is 9.95. The zero-order valence-electron chi connectivity index (χ0n) is 48.0. The van der Waals surface area contributed by atoms with Gasteiger partial charge in [0.25, 0.3) is 0 Å². The average molecular weight is 914 g/mol. The van der Waals surface area contributed by atoms with Gasteiger partial charge in [-0.05, 0) is 171 Å². The third-order valence-corrected chi connectivity index (χ3v) is 9.96. The summed E-state index contributed by atoms with van der Waals surface area (Å²) < 4.78 is 0. The van der Waals surface area contributed by atoms with Gasteiger partial charge in [0.2, 0.25) is 0 Å². The van der Waals surface area contributed by atoms with Crippen molar-refractivity contribution in [1.82, 2.24) is 19.6 Å². The third kappa shape index (κ3) is 57.9. The molecule has 4 heterocycles. The third-order valence-electron chi connectivity index (χ3n) is 9.96. The van der Waals surface area contributed by atoms with Crippen LogP contribution in [0, 0.1) is 23.7 Å². The van der Waals surface area contributed by atoms with E-state index in [9.17, 15) is 0 Å². The van der Waals surface area contributed by atoms with Crippen molar-refractivity contribution in [2.75, 3.05) is 52.4 Å². The summed E-state index contributed by atoms with van der Waals surface area (Å²) in [6.07, 6.45) is 8.39. The molecule has 4 atom stereocenters. The Hall–Kier alpha value is -0.160. The van der Waals surface area contributed by atoms with E-state index in [-0.39, 0.29) is 37.1 Å². The summed E-state index contributed by atoms with van der Waals surface area (Å²) >= 11 is 0. The topological polar surface area (TPSA) is 13.0 Å². The van der Waals surface area contributed by atoms with Crippen molar-refractivity contribution in [2.24, 2.45) is 23.7 Å². The SMILES string of the molecule is C.C.C.C.C.CC.CC.CC.CC.CC.CC.CC.CC.C[C@@H]1CCCN(C(C)(C)C)C1.C[C@@H]1CCN(C(C)(C)C)C1.C[C@H]1CCCN(C(C)(C)C)C1.C[C@H]1CCN(C(C)(C)C)C1. The van der Waals surface area contributed by atoms with Crippen molar-refractivity contribution in [2.45, 2.75) is 319 Å². The molecule has 0 radical (unpaired) electrons. The Kier molecular flexibility index (Phi) is 91.9. The van der Waals surface area contributed by atoms with Crippen LogP contribution in [-0.4, -0.2) is 94.1 Å². The van der Waals surface area contributed by atoms with Gasteiger partial charge in [-0.25, -0.2) is 0 Å². The highest BCUT2D eigenvalue weighted by Crippen LogP contribution is 2.26. The van der Waals surface area contributed by atoms with Crippen LogP contribution in [0.4, 0.5) is 0 Å². The Balaban J connectivity index is -0.0000000423. The zero-order chi connectivity index (χ0) is 48.5. The lowest BCUT2D eigenvalue weighted by Crippen LogP contribution is -2.46. The van der Waals surface area contributed by atoms with Gasteiger partial charge in [0.15, 0.2) is 0 Å². The number of likely N-dealkylation sites (tertiary alicyclic amines) is 4. The average Bonchev–Trinajstić information content (AvgIpc) is 3.87. The standard InChI is InChI=1S/2C10H21N.2C9H19N.8C2H6.5CH4/c2*1-9-6-5-7-11(8-9)10(2,3)4;2*1-8-5-6-10(7-8)9(2,3)4;8*1-2;;;;;/h2*9H,5-8H2,1-4H3;2*8H,5-7H2,1-4H3;8*1-2H3;5*1H4/t2*9-;2*8-;;;;;;;;;;;;;/m1010............./s1. The summed E-state index contributed by atoms with van der Waals surface area (Å²) in [7, 11) is 0. The molecule has 4 saturated heterocycles. The summed E-state index contributed by atoms with van der Waals surface area (Å²) in [6.45, 7) is 79.4. The maximum absolute atomic E-state index is 2.60. The second-order valence-corrected chi connectivity index (χ2v) is 18.7. The molecular weight excluding hydrogens is 765 g/mol. The van der Waals surface area contributed by atoms with Gasteiger partial charge >= 0.3 is 0 Å². The molecule has 0 aromatic carbocycles. The molecule has 0 spiro atoms. The molecule has 4 nitrogen and oxygen atoms in total. The second-order valence-electron chi connectivity index (χ2n) is 18.7. The first-order valence-electron chi connectivity index (χ1n) is 26.0. The molecule has 0 aromatic rings. The molecule has 0 aromatic heterocycles. The summed E-state index contributed by atoms with van der Waals surface area (Å²) in [5.41, 5.74) is 1.55. The highest BCUT2D eigenvalue weighted by atomic mass is 15.2. The van der Waals surface area contributed by atoms with E-state index < -0.39 is 0 Å². The minimum atomic E-state index is 0.